The van der Waals surface area contributed by atoms with Crippen molar-refractivity contribution < 1.29 is 28.5 Å². The summed E-state index contributed by atoms with van der Waals surface area (Å²) < 4.78 is 22.8. The van der Waals surface area contributed by atoms with Gasteiger partial charge in [0, 0.05) is 33.3 Å². The van der Waals surface area contributed by atoms with E-state index in [9.17, 15) is 9.59 Å². The van der Waals surface area contributed by atoms with Crippen molar-refractivity contribution in [2.75, 3.05) is 51.2 Å². The van der Waals surface area contributed by atoms with Crippen molar-refractivity contribution in [3.8, 4) is 5.75 Å². The number of hydrogen-bond donors (Lipinski definition) is 1. The van der Waals surface area contributed by atoms with Gasteiger partial charge in [-0.05, 0) is 76.7 Å². The minimum absolute atomic E-state index is 0.268. The molecule has 0 aliphatic carbocycles. The Balaban J connectivity index is 1.91. The van der Waals surface area contributed by atoms with Gasteiger partial charge in [0.2, 0.25) is 5.91 Å². The number of anilines is 2. The van der Waals surface area contributed by atoms with Crippen LogP contribution in [-0.4, -0.2) is 74.7 Å². The summed E-state index contributed by atoms with van der Waals surface area (Å²) >= 11 is 5.42. The Labute approximate surface area is 219 Å². The molecular formula is C26H39N3O6S. The van der Waals surface area contributed by atoms with Crippen LogP contribution in [0.4, 0.5) is 11.4 Å². The predicted octanol–water partition coefficient (Wildman–Crippen LogP) is 3.73. The summed E-state index contributed by atoms with van der Waals surface area (Å²) in [4.78, 5) is 30.2. The predicted molar refractivity (Wildman–Crippen MR) is 142 cm³/mol. The molecule has 2 atom stereocenters. The lowest BCUT2D eigenvalue weighted by atomic mass is 9.99. The molecule has 36 heavy (non-hydrogen) atoms. The second kappa shape index (κ2) is 12.2. The first-order valence-electron chi connectivity index (χ1n) is 12.5. The van der Waals surface area contributed by atoms with Gasteiger partial charge in [0.25, 0.3) is 0 Å². The fourth-order valence-electron chi connectivity index (χ4n) is 4.23. The van der Waals surface area contributed by atoms with Crippen LogP contribution in [0.3, 0.4) is 0 Å². The van der Waals surface area contributed by atoms with Gasteiger partial charge in [-0.3, -0.25) is 9.59 Å². The van der Waals surface area contributed by atoms with Crippen LogP contribution in [0, 0.1) is 5.92 Å². The van der Waals surface area contributed by atoms with Crippen molar-refractivity contribution in [3.05, 3.63) is 17.7 Å². The van der Waals surface area contributed by atoms with Crippen LogP contribution in [0.25, 0.3) is 0 Å². The third-order valence-electron chi connectivity index (χ3n) is 6.05. The zero-order valence-corrected chi connectivity index (χ0v) is 23.0. The minimum atomic E-state index is -0.909. The van der Waals surface area contributed by atoms with E-state index in [0.717, 1.165) is 24.8 Å². The number of methoxy groups -OCH3 is 1. The number of benzene rings is 1. The number of carbonyl (C=O) groups excluding carboxylic acids is 2. The SMILES string of the molecule is COc1cc2c(cc1NC(=S)N(C)C)CCC(C(=O)OC(C)(C)C)C(=O)N2CCOC1CCCCO1. The largest absolute Gasteiger partial charge is 0.494 e. The van der Waals surface area contributed by atoms with E-state index in [1.165, 1.54) is 0 Å². The van der Waals surface area contributed by atoms with Crippen LogP contribution in [0.1, 0.15) is 52.0 Å². The van der Waals surface area contributed by atoms with Gasteiger partial charge < -0.3 is 34.1 Å². The molecule has 1 fully saturated rings. The first-order valence-corrected chi connectivity index (χ1v) is 12.9. The molecule has 9 nitrogen and oxygen atoms in total. The van der Waals surface area contributed by atoms with E-state index in [-0.39, 0.29) is 25.3 Å². The van der Waals surface area contributed by atoms with Crippen molar-refractivity contribution in [1.82, 2.24) is 4.90 Å². The van der Waals surface area contributed by atoms with Crippen LogP contribution in [0.15, 0.2) is 12.1 Å². The number of rotatable bonds is 7. The van der Waals surface area contributed by atoms with Crippen molar-refractivity contribution in [3.63, 3.8) is 0 Å². The molecule has 0 aromatic heterocycles. The highest BCUT2D eigenvalue weighted by atomic mass is 32.1. The number of nitrogens with zero attached hydrogens (tertiary/aromatic N) is 2. The highest BCUT2D eigenvalue weighted by Gasteiger charge is 2.38. The molecule has 2 heterocycles. The van der Waals surface area contributed by atoms with Gasteiger partial charge in [-0.25, -0.2) is 0 Å². The topological polar surface area (TPSA) is 89.6 Å². The maximum atomic E-state index is 13.7. The number of aryl methyl sites for hydroxylation is 1. The average Bonchev–Trinajstić information content (AvgIpc) is 2.94. The van der Waals surface area contributed by atoms with E-state index >= 15 is 0 Å². The lowest BCUT2D eigenvalue weighted by Gasteiger charge is -2.29. The maximum Gasteiger partial charge on any atom is 0.319 e. The van der Waals surface area contributed by atoms with Crippen molar-refractivity contribution in [1.29, 1.82) is 0 Å². The Morgan fingerprint density at radius 1 is 1.25 bits per heavy atom. The lowest BCUT2D eigenvalue weighted by molar-refractivity contribution is -0.164. The number of carbonyl (C=O) groups is 2. The molecule has 10 heteroatoms. The van der Waals surface area contributed by atoms with Crippen LogP contribution >= 0.6 is 12.2 Å². The quantitative estimate of drug-likeness (QED) is 0.327. The van der Waals surface area contributed by atoms with Crippen LogP contribution in [0.5, 0.6) is 5.75 Å². The first kappa shape index (κ1) is 28.1. The summed E-state index contributed by atoms with van der Waals surface area (Å²) in [6.07, 6.45) is 3.51. The Morgan fingerprint density at radius 2 is 2.00 bits per heavy atom. The van der Waals surface area contributed by atoms with Crippen molar-refractivity contribution >= 4 is 40.6 Å². The summed E-state index contributed by atoms with van der Waals surface area (Å²) in [5.41, 5.74) is 1.61. The molecule has 0 bridgehead atoms. The molecule has 2 aliphatic heterocycles. The van der Waals surface area contributed by atoms with Gasteiger partial charge in [0.15, 0.2) is 11.4 Å². The van der Waals surface area contributed by atoms with E-state index in [1.54, 1.807) is 37.7 Å². The zero-order valence-electron chi connectivity index (χ0n) is 22.2. The van der Waals surface area contributed by atoms with E-state index in [1.807, 2.05) is 26.2 Å². The lowest BCUT2D eigenvalue weighted by Crippen LogP contribution is -2.43. The number of thiocarbonyl (C=S) groups is 1. The Hall–Kier alpha value is -2.43. The van der Waals surface area contributed by atoms with E-state index in [2.05, 4.69) is 5.32 Å². The summed E-state index contributed by atoms with van der Waals surface area (Å²) in [7, 11) is 5.28. The molecule has 2 unspecified atom stereocenters. The van der Waals surface area contributed by atoms with Gasteiger partial charge in [-0.2, -0.15) is 0 Å². The molecule has 1 saturated heterocycles. The first-order chi connectivity index (χ1) is 17.0. The Morgan fingerprint density at radius 3 is 2.61 bits per heavy atom. The number of hydrogen-bond acceptors (Lipinski definition) is 7. The van der Waals surface area contributed by atoms with Gasteiger partial charge in [-0.1, -0.05) is 0 Å². The number of amides is 1. The number of fused-ring (bicyclic) bond motifs is 1. The van der Waals surface area contributed by atoms with Crippen LogP contribution in [0.2, 0.25) is 0 Å². The molecule has 0 radical (unpaired) electrons. The summed E-state index contributed by atoms with van der Waals surface area (Å²) in [5.74, 6) is -1.18. The third-order valence-corrected chi connectivity index (χ3v) is 6.52. The monoisotopic (exact) mass is 521 g/mol. The average molecular weight is 522 g/mol. The maximum absolute atomic E-state index is 13.7. The molecular weight excluding hydrogens is 482 g/mol. The van der Waals surface area contributed by atoms with Crippen molar-refractivity contribution in [2.24, 2.45) is 5.92 Å². The molecule has 1 amide bonds. The fourth-order valence-corrected chi connectivity index (χ4v) is 4.34. The molecule has 1 N–H and O–H groups in total. The highest BCUT2D eigenvalue weighted by Crippen LogP contribution is 2.38. The summed E-state index contributed by atoms with van der Waals surface area (Å²) in [6, 6.07) is 3.76. The molecule has 200 valence electrons. The summed E-state index contributed by atoms with van der Waals surface area (Å²) in [6.45, 7) is 6.63. The molecule has 2 aliphatic rings. The Bertz CT molecular complexity index is 956. The van der Waals surface area contributed by atoms with Gasteiger partial charge in [0.05, 0.1) is 25.1 Å². The standard InChI is InChI=1S/C26H39N3O6S/c1-26(2,3)35-24(31)18-11-10-17-15-19(27-25(36)28(4)5)21(32-6)16-20(17)29(23(18)30)12-14-34-22-9-7-8-13-33-22/h15-16,18,22H,7-14H2,1-6H3,(H,27,36). The van der Waals surface area contributed by atoms with E-state index in [0.29, 0.717) is 41.7 Å². The molecule has 0 saturated carbocycles. The van der Waals surface area contributed by atoms with Crippen LogP contribution < -0.4 is 15.0 Å². The van der Waals surface area contributed by atoms with Gasteiger partial charge >= 0.3 is 5.97 Å². The molecule has 1 aromatic carbocycles. The number of nitrogens with one attached hydrogen (secondary N) is 1. The molecule has 3 rings (SSSR count). The molecule has 0 spiro atoms. The minimum Gasteiger partial charge on any atom is -0.494 e. The third kappa shape index (κ3) is 7.30. The van der Waals surface area contributed by atoms with Crippen LogP contribution in [-0.2, 0) is 30.2 Å². The van der Waals surface area contributed by atoms with E-state index in [4.69, 9.17) is 31.2 Å². The van der Waals surface area contributed by atoms with Crippen molar-refractivity contribution in [2.45, 2.75) is 64.8 Å². The Kier molecular flexibility index (Phi) is 9.54. The normalized spacial score (nSPS) is 20.3. The zero-order chi connectivity index (χ0) is 26.5. The highest BCUT2D eigenvalue weighted by molar-refractivity contribution is 7.80. The second-order valence-electron chi connectivity index (χ2n) is 10.3. The molecule has 1 aromatic rings. The van der Waals surface area contributed by atoms with E-state index < -0.39 is 17.5 Å². The fraction of sp³-hybridized carbons (Fsp3) is 0.654. The van der Waals surface area contributed by atoms with Gasteiger partial charge in [-0.15, -0.1) is 0 Å². The number of ether oxygens (including phenoxy) is 4. The summed E-state index contributed by atoms with van der Waals surface area (Å²) in [5, 5.41) is 3.73. The van der Waals surface area contributed by atoms with Gasteiger partial charge in [0.1, 0.15) is 17.3 Å². The smallest absolute Gasteiger partial charge is 0.319 e. The second-order valence-corrected chi connectivity index (χ2v) is 10.7. The number of esters is 1.